The van der Waals surface area contributed by atoms with Gasteiger partial charge in [0.2, 0.25) is 0 Å². The zero-order chi connectivity index (χ0) is 8.97. The van der Waals surface area contributed by atoms with Gasteiger partial charge in [-0.05, 0) is 18.6 Å². The van der Waals surface area contributed by atoms with Crippen LogP contribution in [0.3, 0.4) is 0 Å². The third-order valence-electron chi connectivity index (χ3n) is 1.72. The van der Waals surface area contributed by atoms with E-state index in [1.54, 1.807) is 18.2 Å². The number of rotatable bonds is 2. The van der Waals surface area contributed by atoms with E-state index < -0.39 is 0 Å². The maximum Gasteiger partial charge on any atom is 0.131 e. The van der Waals surface area contributed by atoms with Crippen molar-refractivity contribution in [2.75, 3.05) is 0 Å². The van der Waals surface area contributed by atoms with Crippen molar-refractivity contribution < 1.29 is 4.39 Å². The highest BCUT2D eigenvalue weighted by Gasteiger charge is 2.01. The van der Waals surface area contributed by atoms with Crippen molar-refractivity contribution in [2.45, 2.75) is 6.92 Å². The summed E-state index contributed by atoms with van der Waals surface area (Å²) >= 11 is 0. The van der Waals surface area contributed by atoms with E-state index in [-0.39, 0.29) is 5.82 Å². The topological polar surface area (TPSA) is 0 Å². The van der Waals surface area contributed by atoms with Gasteiger partial charge in [0, 0.05) is 5.56 Å². The molecule has 0 radical (unpaired) electrons. The number of benzene rings is 1. The van der Waals surface area contributed by atoms with Gasteiger partial charge in [-0.15, -0.1) is 0 Å². The van der Waals surface area contributed by atoms with Crippen LogP contribution in [0.4, 0.5) is 4.39 Å². The first kappa shape index (κ1) is 8.72. The van der Waals surface area contributed by atoms with Crippen molar-refractivity contribution in [3.05, 3.63) is 54.4 Å². The van der Waals surface area contributed by atoms with E-state index in [1.165, 1.54) is 6.07 Å². The molecule has 0 N–H and O–H groups in total. The summed E-state index contributed by atoms with van der Waals surface area (Å²) in [6.45, 7) is 5.48. The van der Waals surface area contributed by atoms with Crippen LogP contribution in [0.15, 0.2) is 43.0 Å². The molecule has 0 aliphatic rings. The molecule has 62 valence electrons. The molecule has 0 atom stereocenters. The standard InChI is InChI=1S/C11H11F/c1-3-9(4-2)10-7-5-6-8-11(10)12/h3-8H,1H2,2H3/b9-4-. The van der Waals surface area contributed by atoms with E-state index >= 15 is 0 Å². The summed E-state index contributed by atoms with van der Waals surface area (Å²) in [4.78, 5) is 0. The van der Waals surface area contributed by atoms with Crippen molar-refractivity contribution in [3.8, 4) is 0 Å². The lowest BCUT2D eigenvalue weighted by Crippen LogP contribution is -1.85. The number of allylic oxidation sites excluding steroid dienone is 3. The van der Waals surface area contributed by atoms with Crippen LogP contribution >= 0.6 is 0 Å². The molecule has 0 amide bonds. The molecular weight excluding hydrogens is 151 g/mol. The van der Waals surface area contributed by atoms with Gasteiger partial charge < -0.3 is 0 Å². The van der Waals surface area contributed by atoms with Crippen LogP contribution in [-0.4, -0.2) is 0 Å². The highest BCUT2D eigenvalue weighted by molar-refractivity contribution is 5.73. The summed E-state index contributed by atoms with van der Waals surface area (Å²) in [6.07, 6.45) is 3.49. The Hall–Kier alpha value is -1.37. The predicted octanol–water partition coefficient (Wildman–Crippen LogP) is 3.42. The Kier molecular flexibility index (Phi) is 2.81. The number of halogens is 1. The molecule has 12 heavy (non-hydrogen) atoms. The lowest BCUT2D eigenvalue weighted by molar-refractivity contribution is 0.624. The van der Waals surface area contributed by atoms with Gasteiger partial charge in [0.15, 0.2) is 0 Å². The highest BCUT2D eigenvalue weighted by Crippen LogP contribution is 2.18. The summed E-state index contributed by atoms with van der Waals surface area (Å²) in [5, 5.41) is 0. The van der Waals surface area contributed by atoms with Crippen LogP contribution in [0, 0.1) is 5.82 Å². The SMILES string of the molecule is C=C/C(=C/C)c1ccccc1F. The second-order valence-corrected chi connectivity index (χ2v) is 2.43. The van der Waals surface area contributed by atoms with E-state index in [1.807, 2.05) is 19.1 Å². The van der Waals surface area contributed by atoms with E-state index in [0.29, 0.717) is 5.56 Å². The zero-order valence-electron chi connectivity index (χ0n) is 7.05. The first-order valence-electron chi connectivity index (χ1n) is 3.83. The van der Waals surface area contributed by atoms with E-state index in [2.05, 4.69) is 6.58 Å². The first-order valence-corrected chi connectivity index (χ1v) is 3.83. The summed E-state index contributed by atoms with van der Waals surface area (Å²) in [5.41, 5.74) is 1.43. The maximum absolute atomic E-state index is 13.1. The predicted molar refractivity (Wildman–Crippen MR) is 50.2 cm³/mol. The Morgan fingerprint density at radius 1 is 1.42 bits per heavy atom. The fourth-order valence-corrected chi connectivity index (χ4v) is 1.08. The van der Waals surface area contributed by atoms with Gasteiger partial charge in [0.1, 0.15) is 5.82 Å². The van der Waals surface area contributed by atoms with Crippen molar-refractivity contribution >= 4 is 5.57 Å². The van der Waals surface area contributed by atoms with Gasteiger partial charge in [-0.2, -0.15) is 0 Å². The van der Waals surface area contributed by atoms with Crippen molar-refractivity contribution in [2.24, 2.45) is 0 Å². The number of hydrogen-bond acceptors (Lipinski definition) is 0. The molecule has 0 bridgehead atoms. The maximum atomic E-state index is 13.1. The Bertz CT molecular complexity index is 311. The Morgan fingerprint density at radius 2 is 2.08 bits per heavy atom. The molecule has 1 heteroatoms. The molecule has 0 aromatic heterocycles. The molecule has 0 spiro atoms. The van der Waals surface area contributed by atoms with Crippen LogP contribution in [0.25, 0.3) is 5.57 Å². The van der Waals surface area contributed by atoms with Crippen molar-refractivity contribution in [3.63, 3.8) is 0 Å². The summed E-state index contributed by atoms with van der Waals surface area (Å²) in [7, 11) is 0. The second-order valence-electron chi connectivity index (χ2n) is 2.43. The molecule has 0 saturated heterocycles. The van der Waals surface area contributed by atoms with Gasteiger partial charge in [0.05, 0.1) is 0 Å². The number of hydrogen-bond donors (Lipinski definition) is 0. The first-order chi connectivity index (χ1) is 5.79. The Balaban J connectivity index is 3.18. The molecule has 0 aliphatic heterocycles. The Morgan fingerprint density at radius 3 is 2.58 bits per heavy atom. The molecule has 1 rings (SSSR count). The van der Waals surface area contributed by atoms with Crippen LogP contribution in [0.2, 0.25) is 0 Å². The van der Waals surface area contributed by atoms with Crippen LogP contribution < -0.4 is 0 Å². The monoisotopic (exact) mass is 162 g/mol. The Labute approximate surface area is 72.0 Å². The van der Waals surface area contributed by atoms with Crippen LogP contribution in [-0.2, 0) is 0 Å². The van der Waals surface area contributed by atoms with Crippen LogP contribution in [0.1, 0.15) is 12.5 Å². The van der Waals surface area contributed by atoms with E-state index in [0.717, 1.165) is 5.57 Å². The molecule has 0 nitrogen and oxygen atoms in total. The largest absolute Gasteiger partial charge is 0.206 e. The van der Waals surface area contributed by atoms with Gasteiger partial charge in [-0.3, -0.25) is 0 Å². The molecule has 0 heterocycles. The average Bonchev–Trinajstić information content (AvgIpc) is 2.10. The van der Waals surface area contributed by atoms with E-state index in [9.17, 15) is 4.39 Å². The highest BCUT2D eigenvalue weighted by atomic mass is 19.1. The summed E-state index contributed by atoms with van der Waals surface area (Å²) in [5.74, 6) is -0.203. The minimum Gasteiger partial charge on any atom is -0.206 e. The van der Waals surface area contributed by atoms with E-state index in [4.69, 9.17) is 0 Å². The molecular formula is C11H11F. The van der Waals surface area contributed by atoms with Gasteiger partial charge >= 0.3 is 0 Å². The smallest absolute Gasteiger partial charge is 0.131 e. The zero-order valence-corrected chi connectivity index (χ0v) is 7.05. The molecule has 1 aromatic rings. The molecule has 1 aromatic carbocycles. The average molecular weight is 162 g/mol. The van der Waals surface area contributed by atoms with Gasteiger partial charge in [-0.1, -0.05) is 36.9 Å². The summed E-state index contributed by atoms with van der Waals surface area (Å²) in [6, 6.07) is 6.68. The fraction of sp³-hybridized carbons (Fsp3) is 0.0909. The van der Waals surface area contributed by atoms with Gasteiger partial charge in [-0.25, -0.2) is 4.39 Å². The molecule has 0 unspecified atom stereocenters. The van der Waals surface area contributed by atoms with Crippen molar-refractivity contribution in [1.29, 1.82) is 0 Å². The van der Waals surface area contributed by atoms with Crippen LogP contribution in [0.5, 0.6) is 0 Å². The molecule has 0 aliphatic carbocycles. The normalized spacial score (nSPS) is 11.3. The third kappa shape index (κ3) is 1.62. The quantitative estimate of drug-likeness (QED) is 0.584. The van der Waals surface area contributed by atoms with Gasteiger partial charge in [0.25, 0.3) is 0 Å². The second kappa shape index (κ2) is 3.86. The minimum absolute atomic E-state index is 0.203. The lowest BCUT2D eigenvalue weighted by atomic mass is 10.1. The minimum atomic E-state index is -0.203. The third-order valence-corrected chi connectivity index (χ3v) is 1.72. The fourth-order valence-electron chi connectivity index (χ4n) is 1.08. The molecule has 0 fully saturated rings. The molecule has 0 saturated carbocycles. The summed E-state index contributed by atoms with van der Waals surface area (Å²) < 4.78 is 13.1. The lowest BCUT2D eigenvalue weighted by Gasteiger charge is -2.01. The van der Waals surface area contributed by atoms with Crippen molar-refractivity contribution in [1.82, 2.24) is 0 Å².